The van der Waals surface area contributed by atoms with Crippen LogP contribution in [0.3, 0.4) is 0 Å². The van der Waals surface area contributed by atoms with Gasteiger partial charge in [-0.15, -0.1) is 0 Å². The van der Waals surface area contributed by atoms with Gasteiger partial charge in [0.05, 0.1) is 11.0 Å². The molecule has 0 atom stereocenters. The van der Waals surface area contributed by atoms with Crippen molar-refractivity contribution in [1.82, 2.24) is 15.4 Å². The molecule has 0 aliphatic heterocycles. The number of nitrogens with zero attached hydrogens (tertiary/aromatic N) is 1. The number of aromatic nitrogens is 2. The molecule has 1 amide bonds. The Balaban J connectivity index is 2.41. The number of carbonyl (C=O) groups is 1. The van der Waals surface area contributed by atoms with E-state index in [1.165, 1.54) is 0 Å². The van der Waals surface area contributed by atoms with Crippen LogP contribution in [0.5, 0.6) is 0 Å². The van der Waals surface area contributed by atoms with Crippen LogP contribution in [-0.4, -0.2) is 15.9 Å². The average molecular weight is 218 g/mol. The molecule has 2 rings (SSSR count). The van der Waals surface area contributed by atoms with Crippen molar-refractivity contribution >= 4 is 16.9 Å². The van der Waals surface area contributed by atoms with Crippen LogP contribution in [0, 0.1) is 0 Å². The number of hydrogen-bond acceptors (Lipinski definition) is 3. The maximum atomic E-state index is 11.3. The van der Waals surface area contributed by atoms with Crippen molar-refractivity contribution in [2.24, 2.45) is 5.84 Å². The van der Waals surface area contributed by atoms with Crippen LogP contribution in [-0.2, 0) is 6.42 Å². The third-order valence-electron chi connectivity index (χ3n) is 2.41. The Morgan fingerprint density at radius 2 is 2.38 bits per heavy atom. The fourth-order valence-electron chi connectivity index (χ4n) is 1.64. The van der Waals surface area contributed by atoms with E-state index in [-0.39, 0.29) is 5.91 Å². The lowest BCUT2D eigenvalue weighted by Gasteiger charge is -1.97. The van der Waals surface area contributed by atoms with Gasteiger partial charge in [-0.1, -0.05) is 6.92 Å². The number of H-pyrrole nitrogens is 1. The molecule has 1 aromatic heterocycles. The Morgan fingerprint density at radius 1 is 1.56 bits per heavy atom. The summed E-state index contributed by atoms with van der Waals surface area (Å²) >= 11 is 0. The molecule has 1 heterocycles. The molecule has 5 nitrogen and oxygen atoms in total. The van der Waals surface area contributed by atoms with Gasteiger partial charge in [-0.05, 0) is 24.6 Å². The highest BCUT2D eigenvalue weighted by atomic mass is 16.2. The normalized spacial score (nSPS) is 10.6. The zero-order valence-corrected chi connectivity index (χ0v) is 9.08. The lowest BCUT2D eigenvalue weighted by Crippen LogP contribution is -2.29. The van der Waals surface area contributed by atoms with Crippen molar-refractivity contribution < 1.29 is 4.79 Å². The molecule has 0 fully saturated rings. The number of fused-ring (bicyclic) bond motifs is 1. The number of benzene rings is 1. The van der Waals surface area contributed by atoms with E-state index in [4.69, 9.17) is 5.84 Å². The number of hydrogen-bond donors (Lipinski definition) is 3. The van der Waals surface area contributed by atoms with E-state index in [0.29, 0.717) is 5.56 Å². The Morgan fingerprint density at radius 3 is 3.06 bits per heavy atom. The van der Waals surface area contributed by atoms with E-state index < -0.39 is 0 Å². The van der Waals surface area contributed by atoms with E-state index in [9.17, 15) is 4.79 Å². The second-order valence-corrected chi connectivity index (χ2v) is 3.64. The van der Waals surface area contributed by atoms with Crippen molar-refractivity contribution in [3.8, 4) is 0 Å². The monoisotopic (exact) mass is 218 g/mol. The lowest BCUT2D eigenvalue weighted by atomic mass is 10.2. The Labute approximate surface area is 93.0 Å². The Hall–Kier alpha value is -1.88. The molecule has 2 aromatic rings. The van der Waals surface area contributed by atoms with Gasteiger partial charge in [0, 0.05) is 12.0 Å². The molecule has 0 radical (unpaired) electrons. The molecule has 0 aliphatic rings. The molecule has 4 N–H and O–H groups in total. The second-order valence-electron chi connectivity index (χ2n) is 3.64. The molecule has 84 valence electrons. The van der Waals surface area contributed by atoms with E-state index >= 15 is 0 Å². The second kappa shape index (κ2) is 4.32. The van der Waals surface area contributed by atoms with Crippen LogP contribution in [0.4, 0.5) is 0 Å². The zero-order valence-electron chi connectivity index (χ0n) is 9.08. The molecule has 16 heavy (non-hydrogen) atoms. The highest BCUT2D eigenvalue weighted by Crippen LogP contribution is 2.14. The molecule has 0 bridgehead atoms. The highest BCUT2D eigenvalue weighted by Gasteiger charge is 2.07. The third kappa shape index (κ3) is 1.90. The van der Waals surface area contributed by atoms with Crippen molar-refractivity contribution in [3.63, 3.8) is 0 Å². The van der Waals surface area contributed by atoms with Crippen LogP contribution in [0.15, 0.2) is 18.2 Å². The van der Waals surface area contributed by atoms with Gasteiger partial charge >= 0.3 is 0 Å². The fourth-order valence-corrected chi connectivity index (χ4v) is 1.64. The number of carbonyl (C=O) groups excluding carboxylic acids is 1. The van der Waals surface area contributed by atoms with Gasteiger partial charge in [0.15, 0.2) is 0 Å². The van der Waals surface area contributed by atoms with Crippen molar-refractivity contribution in [2.45, 2.75) is 19.8 Å². The molecular weight excluding hydrogens is 204 g/mol. The molecule has 5 heteroatoms. The summed E-state index contributed by atoms with van der Waals surface area (Å²) in [6, 6.07) is 5.28. The average Bonchev–Trinajstić information content (AvgIpc) is 2.69. The number of nitrogen functional groups attached to an aromatic ring is 1. The molecule has 0 saturated heterocycles. The molecule has 0 aliphatic carbocycles. The molecular formula is C11H14N4O. The topological polar surface area (TPSA) is 83.8 Å². The Kier molecular flexibility index (Phi) is 2.87. The first-order chi connectivity index (χ1) is 7.74. The summed E-state index contributed by atoms with van der Waals surface area (Å²) in [7, 11) is 0. The van der Waals surface area contributed by atoms with Gasteiger partial charge < -0.3 is 4.98 Å². The third-order valence-corrected chi connectivity index (χ3v) is 2.41. The predicted octanol–water partition coefficient (Wildman–Crippen LogP) is 1.12. The van der Waals surface area contributed by atoms with Gasteiger partial charge in [-0.25, -0.2) is 10.8 Å². The minimum absolute atomic E-state index is 0.298. The van der Waals surface area contributed by atoms with E-state index in [0.717, 1.165) is 29.7 Å². The fraction of sp³-hybridized carbons (Fsp3) is 0.273. The minimum Gasteiger partial charge on any atom is -0.342 e. The number of aromatic amines is 1. The van der Waals surface area contributed by atoms with Crippen LogP contribution in [0.2, 0.25) is 0 Å². The van der Waals surface area contributed by atoms with E-state index in [1.807, 2.05) is 6.07 Å². The summed E-state index contributed by atoms with van der Waals surface area (Å²) in [6.07, 6.45) is 1.95. The largest absolute Gasteiger partial charge is 0.342 e. The van der Waals surface area contributed by atoms with Gasteiger partial charge in [-0.2, -0.15) is 0 Å². The summed E-state index contributed by atoms with van der Waals surface area (Å²) < 4.78 is 0. The lowest BCUT2D eigenvalue weighted by molar-refractivity contribution is 0.0954. The number of hydrazine groups is 1. The quantitative estimate of drug-likeness (QED) is 0.410. The van der Waals surface area contributed by atoms with Crippen molar-refractivity contribution in [2.75, 3.05) is 0 Å². The first-order valence-electron chi connectivity index (χ1n) is 5.24. The maximum Gasteiger partial charge on any atom is 0.265 e. The standard InChI is InChI=1S/C11H14N4O/c1-2-3-10-13-8-5-4-7(11(16)15-12)6-9(8)14-10/h4-6H,2-3,12H2,1H3,(H,13,14)(H,15,16). The molecule has 0 saturated carbocycles. The van der Waals surface area contributed by atoms with Crippen LogP contribution in [0.25, 0.3) is 11.0 Å². The number of imidazole rings is 1. The first-order valence-corrected chi connectivity index (χ1v) is 5.24. The number of rotatable bonds is 3. The van der Waals surface area contributed by atoms with Crippen molar-refractivity contribution in [3.05, 3.63) is 29.6 Å². The predicted molar refractivity (Wildman–Crippen MR) is 61.7 cm³/mol. The summed E-state index contributed by atoms with van der Waals surface area (Å²) in [5, 5.41) is 0. The SMILES string of the molecule is CCCc1nc2ccc(C(=O)NN)cc2[nH]1. The van der Waals surface area contributed by atoms with Crippen LogP contribution in [0.1, 0.15) is 29.5 Å². The zero-order chi connectivity index (χ0) is 11.5. The summed E-state index contributed by atoms with van der Waals surface area (Å²) in [4.78, 5) is 18.9. The van der Waals surface area contributed by atoms with Gasteiger partial charge in [0.25, 0.3) is 5.91 Å². The van der Waals surface area contributed by atoms with Gasteiger partial charge in [0.1, 0.15) is 5.82 Å². The van der Waals surface area contributed by atoms with E-state index in [2.05, 4.69) is 22.3 Å². The maximum absolute atomic E-state index is 11.3. The smallest absolute Gasteiger partial charge is 0.265 e. The summed E-state index contributed by atoms with van der Waals surface area (Å²) in [6.45, 7) is 2.10. The summed E-state index contributed by atoms with van der Waals surface area (Å²) in [5.41, 5.74) is 4.37. The minimum atomic E-state index is -0.298. The van der Waals surface area contributed by atoms with E-state index in [1.54, 1.807) is 12.1 Å². The molecule has 0 spiro atoms. The number of nitrogens with two attached hydrogens (primary N) is 1. The first kappa shape index (κ1) is 10.6. The number of amides is 1. The number of nitrogens with one attached hydrogen (secondary N) is 2. The van der Waals surface area contributed by atoms with Crippen LogP contribution < -0.4 is 11.3 Å². The van der Waals surface area contributed by atoms with Gasteiger partial charge in [0.2, 0.25) is 0 Å². The Bertz CT molecular complexity index is 518. The van der Waals surface area contributed by atoms with Crippen LogP contribution >= 0.6 is 0 Å². The molecule has 1 aromatic carbocycles. The summed E-state index contributed by atoms with van der Waals surface area (Å²) in [5.74, 6) is 5.73. The van der Waals surface area contributed by atoms with Gasteiger partial charge in [-0.3, -0.25) is 10.2 Å². The highest BCUT2D eigenvalue weighted by molar-refractivity contribution is 5.96. The number of aryl methyl sites for hydroxylation is 1. The van der Waals surface area contributed by atoms with Crippen molar-refractivity contribution in [1.29, 1.82) is 0 Å². The molecule has 0 unspecified atom stereocenters.